The summed E-state index contributed by atoms with van der Waals surface area (Å²) in [5.41, 5.74) is 0.0428. The van der Waals surface area contributed by atoms with E-state index in [4.69, 9.17) is 0 Å². The number of anilines is 1. The molecule has 0 saturated heterocycles. The third-order valence-electron chi connectivity index (χ3n) is 3.00. The average Bonchev–Trinajstić information content (AvgIpc) is 2.49. The molecule has 0 bridgehead atoms. The summed E-state index contributed by atoms with van der Waals surface area (Å²) < 4.78 is 50.4. The molecule has 0 spiro atoms. The van der Waals surface area contributed by atoms with Crippen LogP contribution in [0.5, 0.6) is 0 Å². The summed E-state index contributed by atoms with van der Waals surface area (Å²) in [6.07, 6.45) is -4.46. The summed E-state index contributed by atoms with van der Waals surface area (Å²) in [4.78, 5) is 11.7. The number of nitrogens with one attached hydrogen (secondary N) is 2. The molecule has 23 heavy (non-hydrogen) atoms. The first-order valence-electron chi connectivity index (χ1n) is 6.77. The van der Waals surface area contributed by atoms with Gasteiger partial charge in [-0.3, -0.25) is 4.79 Å². The largest absolute Gasteiger partial charge is 0.416 e. The predicted octanol–water partition coefficient (Wildman–Crippen LogP) is 3.57. The van der Waals surface area contributed by atoms with Crippen LogP contribution in [0.2, 0.25) is 0 Å². The SMILES string of the molecule is O=C(CNCc1ccc(F)cc1)Nc1cccc(C(F)(F)F)c1. The minimum absolute atomic E-state index is 0.0758. The molecule has 122 valence electrons. The maximum absolute atomic E-state index is 12.7. The number of hydrogen-bond donors (Lipinski definition) is 2. The normalized spacial score (nSPS) is 11.3. The van der Waals surface area contributed by atoms with Crippen molar-refractivity contribution < 1.29 is 22.4 Å². The molecular weight excluding hydrogens is 312 g/mol. The van der Waals surface area contributed by atoms with Crippen molar-refractivity contribution in [3.63, 3.8) is 0 Å². The van der Waals surface area contributed by atoms with E-state index < -0.39 is 17.6 Å². The topological polar surface area (TPSA) is 41.1 Å². The van der Waals surface area contributed by atoms with Crippen molar-refractivity contribution >= 4 is 11.6 Å². The van der Waals surface area contributed by atoms with Gasteiger partial charge in [-0.05, 0) is 35.9 Å². The molecule has 0 heterocycles. The zero-order valence-corrected chi connectivity index (χ0v) is 12.0. The number of amides is 1. The van der Waals surface area contributed by atoms with E-state index in [1.165, 1.54) is 24.3 Å². The van der Waals surface area contributed by atoms with E-state index in [0.717, 1.165) is 17.7 Å². The number of alkyl halides is 3. The van der Waals surface area contributed by atoms with Crippen molar-refractivity contribution in [3.8, 4) is 0 Å². The second-order valence-corrected chi connectivity index (χ2v) is 4.86. The van der Waals surface area contributed by atoms with Gasteiger partial charge >= 0.3 is 6.18 Å². The van der Waals surface area contributed by atoms with Crippen LogP contribution in [0, 0.1) is 5.82 Å². The van der Waals surface area contributed by atoms with Gasteiger partial charge < -0.3 is 10.6 Å². The van der Waals surface area contributed by atoms with Gasteiger partial charge in [0.2, 0.25) is 5.91 Å². The lowest BCUT2D eigenvalue weighted by atomic mass is 10.2. The minimum Gasteiger partial charge on any atom is -0.325 e. The van der Waals surface area contributed by atoms with E-state index in [2.05, 4.69) is 10.6 Å². The highest BCUT2D eigenvalue weighted by Gasteiger charge is 2.30. The maximum atomic E-state index is 12.7. The Hall–Kier alpha value is -2.41. The molecule has 7 heteroatoms. The van der Waals surface area contributed by atoms with Crippen LogP contribution in [0.15, 0.2) is 48.5 Å². The molecule has 0 atom stereocenters. The Morgan fingerprint density at radius 3 is 2.39 bits per heavy atom. The van der Waals surface area contributed by atoms with Crippen molar-refractivity contribution in [2.75, 3.05) is 11.9 Å². The summed E-state index contributed by atoms with van der Waals surface area (Å²) in [5.74, 6) is -0.817. The van der Waals surface area contributed by atoms with Gasteiger partial charge in [0.05, 0.1) is 12.1 Å². The highest BCUT2D eigenvalue weighted by molar-refractivity contribution is 5.92. The van der Waals surface area contributed by atoms with Gasteiger partial charge in [-0.2, -0.15) is 13.2 Å². The van der Waals surface area contributed by atoms with Crippen molar-refractivity contribution in [1.29, 1.82) is 0 Å². The highest BCUT2D eigenvalue weighted by atomic mass is 19.4. The Morgan fingerprint density at radius 2 is 1.74 bits per heavy atom. The van der Waals surface area contributed by atoms with E-state index in [9.17, 15) is 22.4 Å². The summed E-state index contributed by atoms with van der Waals surface area (Å²) in [5, 5.41) is 5.22. The molecule has 1 amide bonds. The van der Waals surface area contributed by atoms with Crippen LogP contribution in [0.4, 0.5) is 23.2 Å². The smallest absolute Gasteiger partial charge is 0.325 e. The minimum atomic E-state index is -4.46. The Morgan fingerprint density at radius 1 is 1.04 bits per heavy atom. The standard InChI is InChI=1S/C16H14F4N2O/c17-13-6-4-11(5-7-13)9-21-10-15(23)22-14-3-1-2-12(8-14)16(18,19)20/h1-8,21H,9-10H2,(H,22,23). The number of hydrogen-bond acceptors (Lipinski definition) is 2. The molecule has 2 rings (SSSR count). The first-order valence-corrected chi connectivity index (χ1v) is 6.77. The second kappa shape index (κ2) is 7.23. The molecule has 0 aliphatic carbocycles. The van der Waals surface area contributed by atoms with E-state index in [-0.39, 0.29) is 18.0 Å². The van der Waals surface area contributed by atoms with Gasteiger partial charge in [-0.15, -0.1) is 0 Å². The molecule has 0 aliphatic rings. The molecule has 0 unspecified atom stereocenters. The van der Waals surface area contributed by atoms with Crippen molar-refractivity contribution in [2.45, 2.75) is 12.7 Å². The van der Waals surface area contributed by atoms with Crippen molar-refractivity contribution in [2.24, 2.45) is 0 Å². The summed E-state index contributed by atoms with van der Waals surface area (Å²) in [6.45, 7) is 0.268. The van der Waals surface area contributed by atoms with E-state index in [1.54, 1.807) is 12.1 Å². The molecule has 2 aromatic carbocycles. The van der Waals surface area contributed by atoms with Gasteiger partial charge in [0.1, 0.15) is 5.82 Å². The van der Waals surface area contributed by atoms with Crippen LogP contribution < -0.4 is 10.6 Å². The van der Waals surface area contributed by atoms with E-state index >= 15 is 0 Å². The van der Waals surface area contributed by atoms with Crippen LogP contribution in [0.3, 0.4) is 0 Å². The number of carbonyl (C=O) groups excluding carboxylic acids is 1. The zero-order chi connectivity index (χ0) is 16.9. The van der Waals surface area contributed by atoms with Gasteiger partial charge in [-0.1, -0.05) is 18.2 Å². The van der Waals surface area contributed by atoms with Crippen LogP contribution in [-0.2, 0) is 17.5 Å². The van der Waals surface area contributed by atoms with Crippen LogP contribution in [-0.4, -0.2) is 12.5 Å². The quantitative estimate of drug-likeness (QED) is 0.825. The van der Waals surface area contributed by atoms with Gasteiger partial charge in [-0.25, -0.2) is 4.39 Å². The van der Waals surface area contributed by atoms with Crippen molar-refractivity contribution in [1.82, 2.24) is 5.32 Å². The lowest BCUT2D eigenvalue weighted by Crippen LogP contribution is -2.27. The Labute approximate surface area is 130 Å². The molecule has 2 aromatic rings. The first-order chi connectivity index (χ1) is 10.8. The maximum Gasteiger partial charge on any atom is 0.416 e. The van der Waals surface area contributed by atoms with Gasteiger partial charge in [0.15, 0.2) is 0 Å². The fourth-order valence-electron chi connectivity index (χ4n) is 1.90. The summed E-state index contributed by atoms with van der Waals surface area (Å²) in [7, 11) is 0. The zero-order valence-electron chi connectivity index (χ0n) is 12.0. The highest BCUT2D eigenvalue weighted by Crippen LogP contribution is 2.30. The number of halogens is 4. The third kappa shape index (κ3) is 5.37. The molecule has 0 saturated carbocycles. The van der Waals surface area contributed by atoms with Gasteiger partial charge in [0.25, 0.3) is 0 Å². The van der Waals surface area contributed by atoms with Crippen molar-refractivity contribution in [3.05, 3.63) is 65.5 Å². The van der Waals surface area contributed by atoms with Crippen LogP contribution in [0.25, 0.3) is 0 Å². The average molecular weight is 326 g/mol. The molecule has 0 radical (unpaired) electrons. The molecule has 0 fully saturated rings. The second-order valence-electron chi connectivity index (χ2n) is 4.86. The fraction of sp³-hybridized carbons (Fsp3) is 0.188. The lowest BCUT2D eigenvalue weighted by molar-refractivity contribution is -0.137. The van der Waals surface area contributed by atoms with Gasteiger partial charge in [0, 0.05) is 12.2 Å². The summed E-state index contributed by atoms with van der Waals surface area (Å²) in [6, 6.07) is 10.2. The Kier molecular flexibility index (Phi) is 5.33. The van der Waals surface area contributed by atoms with E-state index in [1.807, 2.05) is 0 Å². The summed E-state index contributed by atoms with van der Waals surface area (Å²) >= 11 is 0. The molecule has 0 aromatic heterocycles. The molecule has 0 aliphatic heterocycles. The Bertz CT molecular complexity index is 669. The fourth-order valence-corrected chi connectivity index (χ4v) is 1.90. The number of rotatable bonds is 5. The number of benzene rings is 2. The molecule has 3 nitrogen and oxygen atoms in total. The number of carbonyl (C=O) groups is 1. The predicted molar refractivity (Wildman–Crippen MR) is 78.2 cm³/mol. The Balaban J connectivity index is 1.84. The lowest BCUT2D eigenvalue weighted by Gasteiger charge is -2.10. The third-order valence-corrected chi connectivity index (χ3v) is 3.00. The monoisotopic (exact) mass is 326 g/mol. The molecule has 2 N–H and O–H groups in total. The molecular formula is C16H14F4N2O. The van der Waals surface area contributed by atoms with E-state index in [0.29, 0.717) is 6.54 Å². The van der Waals surface area contributed by atoms with Crippen LogP contribution >= 0.6 is 0 Å². The first kappa shape index (κ1) is 17.0. The van der Waals surface area contributed by atoms with Crippen LogP contribution in [0.1, 0.15) is 11.1 Å².